The molecule has 0 aliphatic heterocycles. The van der Waals surface area contributed by atoms with E-state index < -0.39 is 106 Å². The number of pyridine rings is 1. The third kappa shape index (κ3) is 11.9. The van der Waals surface area contributed by atoms with Gasteiger partial charge in [-0.3, -0.25) is 18.9 Å². The summed E-state index contributed by atoms with van der Waals surface area (Å²) in [5.41, 5.74) is 1.19. The van der Waals surface area contributed by atoms with E-state index in [9.17, 15) is 49.1 Å². The molecule has 2 heterocycles. The van der Waals surface area contributed by atoms with Crippen LogP contribution in [0.4, 0.5) is 36.6 Å². The van der Waals surface area contributed by atoms with Gasteiger partial charge in [0.05, 0.1) is 35.8 Å². The van der Waals surface area contributed by atoms with Crippen LogP contribution in [0.5, 0.6) is 0 Å². The number of carbonyl (C=O) groups excluding carboxylic acids is 1. The minimum absolute atomic E-state index is 0.0248. The van der Waals surface area contributed by atoms with Crippen LogP contribution in [0.2, 0.25) is 0 Å². The molecule has 0 saturated carbocycles. The Bertz CT molecular complexity index is 2290. The summed E-state index contributed by atoms with van der Waals surface area (Å²) in [5.74, 6) is -0.274. The summed E-state index contributed by atoms with van der Waals surface area (Å²) in [4.78, 5) is 22.1. The van der Waals surface area contributed by atoms with Crippen molar-refractivity contribution in [3.8, 4) is 23.0 Å². The quantitative estimate of drug-likeness (QED) is 0.0758. The molecule has 0 radical (unpaired) electrons. The second-order valence-corrected chi connectivity index (χ2v) is 15.9. The predicted octanol–water partition coefficient (Wildman–Crippen LogP) is 7.09. The zero-order chi connectivity index (χ0) is 42.5. The van der Waals surface area contributed by atoms with Gasteiger partial charge >= 0.3 is 6.18 Å². The number of nitrogens with one attached hydrogen (secondary N) is 2. The Morgan fingerprint density at radius 3 is 2.46 bits per heavy atom. The van der Waals surface area contributed by atoms with Gasteiger partial charge in [-0.05, 0) is 68.7 Å². The molecule has 11 nitrogen and oxygen atoms in total. The van der Waals surface area contributed by atoms with Gasteiger partial charge in [0.2, 0.25) is 15.9 Å². The van der Waals surface area contributed by atoms with Crippen LogP contribution in [0.15, 0.2) is 74.9 Å². The summed E-state index contributed by atoms with van der Waals surface area (Å²) in [7, 11) is -3.80. The Kier molecular flexibility index (Phi) is 14.0. The van der Waals surface area contributed by atoms with Crippen molar-refractivity contribution in [2.45, 2.75) is 58.4 Å². The van der Waals surface area contributed by atoms with Gasteiger partial charge in [-0.25, -0.2) is 26.6 Å². The number of para-hydroxylation sites is 1. The Morgan fingerprint density at radius 1 is 1.14 bits per heavy atom. The second-order valence-electron chi connectivity index (χ2n) is 14.2. The molecule has 19 heteroatoms. The largest absolute Gasteiger partial charge is 0.431 e. The number of anilines is 1. The van der Waals surface area contributed by atoms with Crippen molar-refractivity contribution in [1.29, 1.82) is 0 Å². The lowest BCUT2D eigenvalue weighted by atomic mass is 9.82. The van der Waals surface area contributed by atoms with E-state index in [1.165, 1.54) is 45.9 Å². The third-order valence-electron chi connectivity index (χ3n) is 8.73. The summed E-state index contributed by atoms with van der Waals surface area (Å²) in [6.07, 6.45) is -3.22. The molecule has 2 aromatic heterocycles. The molecule has 1 aliphatic rings. The smallest absolute Gasteiger partial charge is 0.394 e. The summed E-state index contributed by atoms with van der Waals surface area (Å²) >= 11 is 0. The number of nitrogens with zero attached hydrogens (tertiary/aromatic N) is 3. The van der Waals surface area contributed by atoms with Gasteiger partial charge in [-0.2, -0.15) is 13.2 Å². The fourth-order valence-corrected chi connectivity index (χ4v) is 6.41. The van der Waals surface area contributed by atoms with E-state index >= 15 is 0 Å². The maximum atomic E-state index is 14.9. The first-order valence-corrected chi connectivity index (χ1v) is 19.3. The number of sulfonamides is 1. The minimum Gasteiger partial charge on any atom is -0.394 e. The monoisotopic (exact) mass is 826 g/mol. The number of fused-ring (bicyclic) bond motifs is 1. The Hall–Kier alpha value is -5.22. The number of hydrogen-bond donors (Lipinski definition) is 4. The molecule has 308 valence electrons. The van der Waals surface area contributed by atoms with Crippen molar-refractivity contribution < 1.29 is 53.6 Å². The Morgan fingerprint density at radius 2 is 1.84 bits per heavy atom. The maximum absolute atomic E-state index is 14.9. The van der Waals surface area contributed by atoms with Crippen LogP contribution in [-0.4, -0.2) is 73.2 Å². The van der Waals surface area contributed by atoms with Gasteiger partial charge in [0.15, 0.2) is 11.4 Å². The van der Waals surface area contributed by atoms with E-state index in [1.54, 1.807) is 12.1 Å². The normalized spacial score (nSPS) is 18.2. The van der Waals surface area contributed by atoms with Crippen molar-refractivity contribution >= 4 is 38.4 Å². The number of hydrogen-bond acceptors (Lipinski definition) is 9. The van der Waals surface area contributed by atoms with Crippen molar-refractivity contribution in [2.24, 2.45) is 28.5 Å². The first-order valence-electron chi connectivity index (χ1n) is 17.4. The van der Waals surface area contributed by atoms with Gasteiger partial charge in [-0.1, -0.05) is 37.1 Å². The first kappa shape index (κ1) is 44.5. The van der Waals surface area contributed by atoms with E-state index in [1.807, 2.05) is 0 Å². The van der Waals surface area contributed by atoms with Gasteiger partial charge in [0.1, 0.15) is 41.9 Å². The van der Waals surface area contributed by atoms with Crippen LogP contribution in [0.1, 0.15) is 58.0 Å². The Labute approximate surface area is 324 Å². The van der Waals surface area contributed by atoms with Crippen LogP contribution in [0.25, 0.3) is 22.1 Å². The fourth-order valence-electron chi connectivity index (χ4n) is 5.91. The lowest BCUT2D eigenvalue weighted by Gasteiger charge is -2.29. The summed E-state index contributed by atoms with van der Waals surface area (Å²) < 4.78 is 130. The lowest BCUT2D eigenvalue weighted by Crippen LogP contribution is -2.34. The molecule has 0 saturated heterocycles. The van der Waals surface area contributed by atoms with Crippen molar-refractivity contribution in [1.82, 2.24) is 15.5 Å². The topological polar surface area (TPSA) is 173 Å². The summed E-state index contributed by atoms with van der Waals surface area (Å²) in [5, 5.41) is 17.0. The number of nitrogens with two attached hydrogens (primary N) is 1. The summed E-state index contributed by atoms with van der Waals surface area (Å²) in [6, 6.07) is 6.37. The Balaban J connectivity index is 1.90. The standard InChI is InChI=1S/C38H41F7N6O5S/c1-20(17-39)13-28(35(46)38(43,44)45)31(18-40)47-19-32(52)49-30(15-22-14-23(41)16-29(42)21(22)2)33-25(10-9-24(48-33)11-12-37(3,4)53)26-7-6-8-27-34(26)56-50-36(27)51-57(5,54)55/h6-10,14,16,20-22,30,53H,13,15,17-19,46H2,1-5H3,(H,49,52)(H,50,51). The van der Waals surface area contributed by atoms with E-state index in [0.29, 0.717) is 6.08 Å². The van der Waals surface area contributed by atoms with E-state index in [-0.39, 0.29) is 45.7 Å². The predicted molar refractivity (Wildman–Crippen MR) is 201 cm³/mol. The van der Waals surface area contributed by atoms with Crippen LogP contribution in [0.3, 0.4) is 0 Å². The molecule has 4 unspecified atom stereocenters. The molecular formula is C38H41F7N6O5S. The van der Waals surface area contributed by atoms with Gasteiger partial charge < -0.3 is 20.7 Å². The highest BCUT2D eigenvalue weighted by Crippen LogP contribution is 2.40. The van der Waals surface area contributed by atoms with Crippen LogP contribution in [0, 0.1) is 29.6 Å². The number of halogens is 7. The number of allylic oxidation sites excluding steroid dienone is 6. The maximum Gasteiger partial charge on any atom is 0.431 e. The number of amides is 1. The highest BCUT2D eigenvalue weighted by Gasteiger charge is 2.36. The van der Waals surface area contributed by atoms with Gasteiger partial charge in [0.25, 0.3) is 0 Å². The zero-order valence-corrected chi connectivity index (χ0v) is 32.3. The fraction of sp³-hybridized carbons (Fsp3) is 0.421. The van der Waals surface area contributed by atoms with Crippen LogP contribution >= 0.6 is 0 Å². The molecule has 1 amide bonds. The molecule has 0 bridgehead atoms. The molecule has 4 rings (SSSR count). The lowest BCUT2D eigenvalue weighted by molar-refractivity contribution is -0.120. The number of carbonyl (C=O) groups is 1. The van der Waals surface area contributed by atoms with Crippen molar-refractivity contribution in [3.05, 3.63) is 76.8 Å². The molecule has 1 aliphatic carbocycles. The number of aliphatic hydroxyl groups is 1. The molecule has 4 atom stereocenters. The second kappa shape index (κ2) is 17.9. The number of benzene rings is 1. The van der Waals surface area contributed by atoms with Crippen molar-refractivity contribution in [3.63, 3.8) is 0 Å². The molecule has 57 heavy (non-hydrogen) atoms. The van der Waals surface area contributed by atoms with Crippen LogP contribution in [-0.2, 0) is 14.8 Å². The third-order valence-corrected chi connectivity index (χ3v) is 9.29. The molecule has 0 spiro atoms. The molecular weight excluding hydrogens is 786 g/mol. The molecule has 3 aromatic rings. The number of aromatic nitrogens is 2. The van der Waals surface area contributed by atoms with E-state index in [4.69, 9.17) is 10.3 Å². The van der Waals surface area contributed by atoms with Crippen LogP contribution < -0.4 is 15.8 Å². The highest BCUT2D eigenvalue weighted by molar-refractivity contribution is 7.92. The number of aliphatic imine (C=N–C) groups is 1. The SMILES string of the molecule is CC(CF)CC(C(CF)=NCC(=O)NC(CC1C=C(F)C=C(F)C1C)c1nc(C#CC(C)(C)O)ccc1-c1cccc2c(NS(C)(=O)=O)noc12)=C(N)C(F)(F)F. The first-order chi connectivity index (χ1) is 26.5. The van der Waals surface area contributed by atoms with Gasteiger partial charge in [0, 0.05) is 28.7 Å². The molecule has 0 fully saturated rings. The average Bonchev–Trinajstić information content (AvgIpc) is 3.52. The number of alkyl halides is 5. The van der Waals surface area contributed by atoms with Gasteiger partial charge in [-0.15, -0.1) is 0 Å². The average molecular weight is 827 g/mol. The molecule has 5 N–H and O–H groups in total. The van der Waals surface area contributed by atoms with E-state index in [2.05, 4.69) is 37.0 Å². The number of rotatable bonds is 14. The van der Waals surface area contributed by atoms with Crippen molar-refractivity contribution in [2.75, 3.05) is 30.9 Å². The van der Waals surface area contributed by atoms with E-state index in [0.717, 1.165) is 12.3 Å². The minimum atomic E-state index is -5.12. The summed E-state index contributed by atoms with van der Waals surface area (Å²) in [6.45, 7) is 2.02. The highest BCUT2D eigenvalue weighted by atomic mass is 32.2. The molecule has 1 aromatic carbocycles. The zero-order valence-electron chi connectivity index (χ0n) is 31.4.